The van der Waals surface area contributed by atoms with Gasteiger partial charge in [0.25, 0.3) is 5.91 Å². The van der Waals surface area contributed by atoms with Crippen molar-refractivity contribution in [3.05, 3.63) is 52.6 Å². The van der Waals surface area contributed by atoms with E-state index in [1.807, 2.05) is 32.9 Å². The van der Waals surface area contributed by atoms with E-state index in [1.54, 1.807) is 12.1 Å². The van der Waals surface area contributed by atoms with Gasteiger partial charge in [0.2, 0.25) is 10.0 Å². The van der Waals surface area contributed by atoms with Gasteiger partial charge in [-0.2, -0.15) is 0 Å². The fourth-order valence-corrected chi connectivity index (χ4v) is 3.32. The highest BCUT2D eigenvalue weighted by Crippen LogP contribution is 2.28. The van der Waals surface area contributed by atoms with E-state index in [2.05, 4.69) is 5.32 Å². The first-order valence-electron chi connectivity index (χ1n) is 8.05. The van der Waals surface area contributed by atoms with Crippen molar-refractivity contribution in [3.63, 3.8) is 0 Å². The Balaban J connectivity index is 2.45. The van der Waals surface area contributed by atoms with Crippen molar-refractivity contribution in [1.29, 1.82) is 0 Å². The lowest BCUT2D eigenvalue weighted by Crippen LogP contribution is -2.25. The number of benzene rings is 2. The molecule has 0 heterocycles. The molecule has 1 N–H and O–H groups in total. The summed E-state index contributed by atoms with van der Waals surface area (Å²) in [6.45, 7) is 5.86. The molecule has 0 saturated heterocycles. The number of hydrogen-bond donors (Lipinski definition) is 1. The van der Waals surface area contributed by atoms with E-state index in [0.29, 0.717) is 11.4 Å². The predicted molar refractivity (Wildman–Crippen MR) is 105 cm³/mol. The Kier molecular flexibility index (Phi) is 5.61. The Hall–Kier alpha value is -2.54. The van der Waals surface area contributed by atoms with E-state index in [-0.39, 0.29) is 11.5 Å². The van der Waals surface area contributed by atoms with Crippen LogP contribution in [0.15, 0.2) is 30.3 Å². The SMILES string of the molecule is COc1ccc(N(C)S(C)(=O)=O)cc1C(=O)Nc1c(C)cc(C)cc1C. The van der Waals surface area contributed by atoms with Crippen LogP contribution in [0.3, 0.4) is 0 Å². The van der Waals surface area contributed by atoms with E-state index in [1.165, 1.54) is 20.2 Å². The van der Waals surface area contributed by atoms with E-state index in [0.717, 1.165) is 32.9 Å². The molecule has 0 spiro atoms. The fraction of sp³-hybridized carbons (Fsp3) is 0.316. The first-order valence-corrected chi connectivity index (χ1v) is 9.90. The zero-order chi connectivity index (χ0) is 19.6. The molecule has 0 unspecified atom stereocenters. The Labute approximate surface area is 154 Å². The molecular weight excluding hydrogens is 352 g/mol. The van der Waals surface area contributed by atoms with Gasteiger partial charge in [0.1, 0.15) is 5.75 Å². The minimum absolute atomic E-state index is 0.264. The summed E-state index contributed by atoms with van der Waals surface area (Å²) >= 11 is 0. The largest absolute Gasteiger partial charge is 0.496 e. The maximum absolute atomic E-state index is 12.8. The molecule has 2 rings (SSSR count). The van der Waals surface area contributed by atoms with Gasteiger partial charge in [-0.15, -0.1) is 0 Å². The van der Waals surface area contributed by atoms with Gasteiger partial charge in [0, 0.05) is 12.7 Å². The Bertz CT molecular complexity index is 929. The van der Waals surface area contributed by atoms with Gasteiger partial charge < -0.3 is 10.1 Å². The van der Waals surface area contributed by atoms with E-state index in [4.69, 9.17) is 4.74 Å². The average molecular weight is 376 g/mol. The van der Waals surface area contributed by atoms with Crippen LogP contribution < -0.4 is 14.4 Å². The van der Waals surface area contributed by atoms with Gasteiger partial charge in [-0.05, 0) is 50.1 Å². The van der Waals surface area contributed by atoms with Gasteiger partial charge in [-0.1, -0.05) is 17.7 Å². The van der Waals surface area contributed by atoms with Crippen molar-refractivity contribution in [3.8, 4) is 5.75 Å². The van der Waals surface area contributed by atoms with Gasteiger partial charge in [0.15, 0.2) is 0 Å². The van der Waals surface area contributed by atoms with Crippen molar-refractivity contribution in [2.45, 2.75) is 20.8 Å². The molecule has 2 aromatic carbocycles. The van der Waals surface area contributed by atoms with Crippen LogP contribution in [0.1, 0.15) is 27.0 Å². The van der Waals surface area contributed by atoms with Crippen LogP contribution in [-0.2, 0) is 10.0 Å². The molecule has 0 atom stereocenters. The Morgan fingerprint density at radius 1 is 1.08 bits per heavy atom. The van der Waals surface area contributed by atoms with Crippen LogP contribution >= 0.6 is 0 Å². The van der Waals surface area contributed by atoms with Crippen molar-refractivity contribution in [1.82, 2.24) is 0 Å². The normalized spacial score (nSPS) is 11.2. The summed E-state index contributed by atoms with van der Waals surface area (Å²) in [5.41, 5.74) is 4.42. The second-order valence-corrected chi connectivity index (χ2v) is 8.36. The third-order valence-electron chi connectivity index (χ3n) is 4.20. The molecule has 0 aliphatic heterocycles. The van der Waals surface area contributed by atoms with E-state index >= 15 is 0 Å². The maximum Gasteiger partial charge on any atom is 0.259 e. The molecule has 7 heteroatoms. The number of anilines is 2. The Morgan fingerprint density at radius 2 is 1.65 bits per heavy atom. The highest BCUT2D eigenvalue weighted by Gasteiger charge is 2.19. The standard InChI is InChI=1S/C19H24N2O4S/c1-12-9-13(2)18(14(3)10-12)20-19(22)16-11-15(7-8-17(16)25-5)21(4)26(6,23)24/h7-11H,1-6H3,(H,20,22). The average Bonchev–Trinajstić information content (AvgIpc) is 2.55. The number of amides is 1. The number of hydrogen-bond acceptors (Lipinski definition) is 4. The lowest BCUT2D eigenvalue weighted by molar-refractivity contribution is 0.102. The van der Waals surface area contributed by atoms with E-state index < -0.39 is 10.0 Å². The van der Waals surface area contributed by atoms with Crippen LogP contribution in [0.4, 0.5) is 11.4 Å². The first kappa shape index (κ1) is 19.8. The lowest BCUT2D eigenvalue weighted by atomic mass is 10.0. The number of ether oxygens (including phenoxy) is 1. The smallest absolute Gasteiger partial charge is 0.259 e. The molecule has 26 heavy (non-hydrogen) atoms. The van der Waals surface area contributed by atoms with Crippen molar-refractivity contribution < 1.29 is 17.9 Å². The van der Waals surface area contributed by atoms with Gasteiger partial charge >= 0.3 is 0 Å². The summed E-state index contributed by atoms with van der Waals surface area (Å²) in [5.74, 6) is 0.0104. The third-order valence-corrected chi connectivity index (χ3v) is 5.41. The molecule has 0 aliphatic rings. The number of methoxy groups -OCH3 is 1. The number of carbonyl (C=O) groups excluding carboxylic acids is 1. The summed E-state index contributed by atoms with van der Waals surface area (Å²) in [6, 6.07) is 8.68. The van der Waals surface area contributed by atoms with Gasteiger partial charge in [-0.3, -0.25) is 9.10 Å². The number of sulfonamides is 1. The zero-order valence-electron chi connectivity index (χ0n) is 15.9. The van der Waals surface area contributed by atoms with Crippen LogP contribution in [-0.4, -0.2) is 34.7 Å². The topological polar surface area (TPSA) is 75.7 Å². The molecule has 2 aromatic rings. The second-order valence-electron chi connectivity index (χ2n) is 6.34. The van der Waals surface area contributed by atoms with Crippen molar-refractivity contribution in [2.75, 3.05) is 30.0 Å². The highest BCUT2D eigenvalue weighted by molar-refractivity contribution is 7.92. The molecule has 0 aromatic heterocycles. The summed E-state index contributed by atoms with van der Waals surface area (Å²) in [5, 5.41) is 2.91. The number of nitrogens with one attached hydrogen (secondary N) is 1. The van der Waals surface area contributed by atoms with Crippen LogP contribution in [0, 0.1) is 20.8 Å². The maximum atomic E-state index is 12.8. The van der Waals surface area contributed by atoms with Crippen LogP contribution in [0.5, 0.6) is 5.75 Å². The lowest BCUT2D eigenvalue weighted by Gasteiger charge is -2.19. The quantitative estimate of drug-likeness (QED) is 0.869. The molecule has 0 fully saturated rings. The minimum Gasteiger partial charge on any atom is -0.496 e. The molecular formula is C19H24N2O4S. The summed E-state index contributed by atoms with van der Waals surface area (Å²) in [7, 11) is -0.530. The molecule has 140 valence electrons. The van der Waals surface area contributed by atoms with Crippen molar-refractivity contribution in [2.24, 2.45) is 0 Å². The summed E-state index contributed by atoms with van der Waals surface area (Å²) in [4.78, 5) is 12.8. The molecule has 6 nitrogen and oxygen atoms in total. The summed E-state index contributed by atoms with van der Waals surface area (Å²) in [6.07, 6.45) is 1.11. The number of carbonyl (C=O) groups is 1. The van der Waals surface area contributed by atoms with E-state index in [9.17, 15) is 13.2 Å². The summed E-state index contributed by atoms with van der Waals surface area (Å²) < 4.78 is 29.9. The number of nitrogens with zero attached hydrogens (tertiary/aromatic N) is 1. The number of rotatable bonds is 5. The molecule has 0 saturated carbocycles. The minimum atomic E-state index is -3.43. The Morgan fingerprint density at radius 3 is 2.15 bits per heavy atom. The van der Waals surface area contributed by atoms with Crippen LogP contribution in [0.2, 0.25) is 0 Å². The monoisotopic (exact) mass is 376 g/mol. The fourth-order valence-electron chi connectivity index (χ4n) is 2.82. The second kappa shape index (κ2) is 7.37. The van der Waals surface area contributed by atoms with Crippen molar-refractivity contribution >= 4 is 27.3 Å². The van der Waals surface area contributed by atoms with Gasteiger partial charge in [0.05, 0.1) is 24.6 Å². The zero-order valence-corrected chi connectivity index (χ0v) is 16.7. The molecule has 0 radical (unpaired) electrons. The first-order chi connectivity index (χ1) is 12.0. The molecule has 0 aliphatic carbocycles. The molecule has 0 bridgehead atoms. The third kappa shape index (κ3) is 4.16. The van der Waals surface area contributed by atoms with Crippen LogP contribution in [0.25, 0.3) is 0 Å². The highest BCUT2D eigenvalue weighted by atomic mass is 32.2. The number of aryl methyl sites for hydroxylation is 3. The predicted octanol–water partition coefficient (Wildman–Crippen LogP) is 3.27. The van der Waals surface area contributed by atoms with Gasteiger partial charge in [-0.25, -0.2) is 8.42 Å². The molecule has 1 amide bonds.